The number of methoxy groups -OCH3 is 5. The van der Waals surface area contributed by atoms with Crippen LogP contribution in [0.4, 0.5) is 5.69 Å². The van der Waals surface area contributed by atoms with Gasteiger partial charge in [-0.05, 0) is 23.8 Å². The Morgan fingerprint density at radius 2 is 1.31 bits per heavy atom. The summed E-state index contributed by atoms with van der Waals surface area (Å²) in [5.41, 5.74) is 0.253. The Labute approximate surface area is 223 Å². The monoisotopic (exact) mass is 532 g/mol. The van der Waals surface area contributed by atoms with Crippen LogP contribution in [-0.2, 0) is 28.5 Å². The highest BCUT2D eigenvalue weighted by atomic mass is 16.5. The number of nitrogens with one attached hydrogen (secondary N) is 1. The molecule has 1 N–H and O–H groups in total. The first kappa shape index (κ1) is 26.9. The van der Waals surface area contributed by atoms with Crippen LogP contribution in [0.15, 0.2) is 54.2 Å². The number of carbonyl (C=O) groups excluding carboxylic acids is 4. The summed E-state index contributed by atoms with van der Waals surface area (Å²) in [6.45, 7) is 0. The molecule has 2 heterocycles. The molecule has 1 aliphatic rings. The van der Waals surface area contributed by atoms with E-state index in [1.54, 1.807) is 48.5 Å². The summed E-state index contributed by atoms with van der Waals surface area (Å²) in [7, 11) is 6.08. The highest BCUT2D eigenvalue weighted by Crippen LogP contribution is 2.46. The van der Waals surface area contributed by atoms with E-state index < -0.39 is 23.9 Å². The molecule has 0 atom stereocenters. The topological polar surface area (TPSA) is 139 Å². The van der Waals surface area contributed by atoms with Gasteiger partial charge in [-0.3, -0.25) is 0 Å². The molecule has 4 rings (SSSR count). The Balaban J connectivity index is 2.34. The first-order valence-electron chi connectivity index (χ1n) is 11.5. The largest absolute Gasteiger partial charge is 0.497 e. The molecule has 3 aromatic rings. The van der Waals surface area contributed by atoms with Gasteiger partial charge >= 0.3 is 23.9 Å². The van der Waals surface area contributed by atoms with Gasteiger partial charge in [-0.25, -0.2) is 24.2 Å². The van der Waals surface area contributed by atoms with E-state index in [9.17, 15) is 19.2 Å². The second-order valence-electron chi connectivity index (χ2n) is 8.05. The first-order valence-corrected chi connectivity index (χ1v) is 11.5. The Morgan fingerprint density at radius 3 is 1.90 bits per heavy atom. The minimum Gasteiger partial charge on any atom is -0.497 e. The van der Waals surface area contributed by atoms with Crippen LogP contribution in [-0.4, -0.2) is 64.4 Å². The fourth-order valence-corrected chi connectivity index (χ4v) is 4.30. The van der Waals surface area contributed by atoms with Crippen molar-refractivity contribution in [3.63, 3.8) is 0 Å². The number of carbonyl (C=O) groups is 4. The Hall–Kier alpha value is -5.19. The van der Waals surface area contributed by atoms with Crippen molar-refractivity contribution in [1.82, 2.24) is 4.98 Å². The van der Waals surface area contributed by atoms with Gasteiger partial charge in [0.1, 0.15) is 22.6 Å². The first-order chi connectivity index (χ1) is 18.8. The number of nitrogens with zero attached hydrogens (tertiary/aromatic N) is 1. The minimum atomic E-state index is -0.925. The van der Waals surface area contributed by atoms with Gasteiger partial charge in [0.15, 0.2) is 5.69 Å². The minimum absolute atomic E-state index is 0.0397. The van der Waals surface area contributed by atoms with E-state index in [0.717, 1.165) is 28.4 Å². The molecule has 1 aromatic heterocycles. The number of fused-ring (bicyclic) bond motifs is 3. The second-order valence-corrected chi connectivity index (χ2v) is 8.05. The van der Waals surface area contributed by atoms with Gasteiger partial charge in [0, 0.05) is 22.4 Å². The van der Waals surface area contributed by atoms with Crippen molar-refractivity contribution in [3.05, 3.63) is 71.0 Å². The molecule has 0 spiro atoms. The van der Waals surface area contributed by atoms with Crippen molar-refractivity contribution in [3.8, 4) is 28.1 Å². The van der Waals surface area contributed by atoms with Crippen LogP contribution in [0, 0.1) is 0 Å². The number of aromatic nitrogens is 1. The average molecular weight is 533 g/mol. The molecule has 0 saturated heterocycles. The zero-order valence-corrected chi connectivity index (χ0v) is 21.7. The van der Waals surface area contributed by atoms with Crippen LogP contribution >= 0.6 is 0 Å². The molecule has 39 heavy (non-hydrogen) atoms. The molecule has 0 saturated carbocycles. The third-order valence-corrected chi connectivity index (χ3v) is 6.07. The molecular weight excluding hydrogens is 508 g/mol. The Kier molecular flexibility index (Phi) is 7.61. The van der Waals surface area contributed by atoms with Gasteiger partial charge in [0.05, 0.1) is 41.2 Å². The zero-order chi connectivity index (χ0) is 28.3. The SMILES string of the molecule is COC(=O)C1=C(C(=O)OC)c2c(nc(C(=O)OC)c(C(=O)OC)c2-c2ccc(OC)cc2)-c2ccccc2N1. The standard InChI is InChI=1S/C28H24N2O9/c1-35-15-12-10-14(11-13-15)18-19-21(26(32)37-3)23(27(33)38-4)29-17-9-7-6-8-16(17)22(19)30-24(28(34)39-5)20(18)25(31)36-2/h6-13,29H,1-5H3. The van der Waals surface area contributed by atoms with Crippen LogP contribution in [0.25, 0.3) is 28.0 Å². The summed E-state index contributed by atoms with van der Waals surface area (Å²) >= 11 is 0. The number of esters is 4. The summed E-state index contributed by atoms with van der Waals surface area (Å²) in [5, 5.41) is 2.96. The summed E-state index contributed by atoms with van der Waals surface area (Å²) < 4.78 is 25.3. The number of anilines is 1. The molecular formula is C28H24N2O9. The van der Waals surface area contributed by atoms with Gasteiger partial charge in [-0.15, -0.1) is 0 Å². The molecule has 2 aromatic carbocycles. The molecule has 0 radical (unpaired) electrons. The Morgan fingerprint density at radius 1 is 0.692 bits per heavy atom. The van der Waals surface area contributed by atoms with Crippen LogP contribution in [0.3, 0.4) is 0 Å². The lowest BCUT2D eigenvalue weighted by Gasteiger charge is -2.21. The molecule has 0 unspecified atom stereocenters. The maximum Gasteiger partial charge on any atom is 0.357 e. The van der Waals surface area contributed by atoms with E-state index >= 15 is 0 Å². The van der Waals surface area contributed by atoms with Crippen molar-refractivity contribution >= 4 is 35.1 Å². The third kappa shape index (κ3) is 4.65. The maximum atomic E-state index is 13.4. The number of rotatable bonds is 6. The van der Waals surface area contributed by atoms with Gasteiger partial charge in [0.2, 0.25) is 0 Å². The van der Waals surface area contributed by atoms with E-state index in [2.05, 4.69) is 10.3 Å². The molecule has 11 heteroatoms. The average Bonchev–Trinajstić information content (AvgIpc) is 3.13. The molecule has 0 amide bonds. The molecule has 0 aliphatic carbocycles. The predicted molar refractivity (Wildman–Crippen MR) is 139 cm³/mol. The van der Waals surface area contributed by atoms with Crippen molar-refractivity contribution in [2.45, 2.75) is 0 Å². The highest BCUT2D eigenvalue weighted by molar-refractivity contribution is 6.28. The lowest BCUT2D eigenvalue weighted by atomic mass is 9.86. The normalized spacial score (nSPS) is 11.7. The van der Waals surface area contributed by atoms with Gasteiger partial charge in [-0.2, -0.15) is 0 Å². The van der Waals surface area contributed by atoms with Gasteiger partial charge < -0.3 is 29.0 Å². The van der Waals surface area contributed by atoms with E-state index in [1.165, 1.54) is 7.11 Å². The fourth-order valence-electron chi connectivity index (χ4n) is 4.30. The van der Waals surface area contributed by atoms with Crippen LogP contribution in [0.2, 0.25) is 0 Å². The predicted octanol–water partition coefficient (Wildman–Crippen LogP) is 3.48. The van der Waals surface area contributed by atoms with Crippen molar-refractivity contribution in [1.29, 1.82) is 0 Å². The number of para-hydroxylation sites is 1. The van der Waals surface area contributed by atoms with Crippen LogP contribution in [0.1, 0.15) is 26.4 Å². The number of pyridine rings is 1. The zero-order valence-electron chi connectivity index (χ0n) is 21.7. The molecule has 200 valence electrons. The van der Waals surface area contributed by atoms with E-state index in [0.29, 0.717) is 22.6 Å². The number of hydrogen-bond acceptors (Lipinski definition) is 11. The molecule has 0 fully saturated rings. The highest BCUT2D eigenvalue weighted by Gasteiger charge is 2.38. The number of ether oxygens (including phenoxy) is 5. The number of hydrogen-bond donors (Lipinski definition) is 1. The third-order valence-electron chi connectivity index (χ3n) is 6.07. The van der Waals surface area contributed by atoms with E-state index in [1.807, 2.05) is 0 Å². The van der Waals surface area contributed by atoms with E-state index in [4.69, 9.17) is 23.7 Å². The Bertz CT molecular complexity index is 1520. The lowest BCUT2D eigenvalue weighted by Crippen LogP contribution is -2.21. The van der Waals surface area contributed by atoms with Gasteiger partial charge in [-0.1, -0.05) is 30.3 Å². The summed E-state index contributed by atoms with van der Waals surface area (Å²) in [5.74, 6) is -3.13. The fraction of sp³-hybridized carbons (Fsp3) is 0.179. The number of benzene rings is 2. The summed E-state index contributed by atoms with van der Waals surface area (Å²) in [6, 6.07) is 13.3. The maximum absolute atomic E-state index is 13.4. The van der Waals surface area contributed by atoms with Crippen molar-refractivity contribution in [2.75, 3.05) is 40.9 Å². The smallest absolute Gasteiger partial charge is 0.357 e. The van der Waals surface area contributed by atoms with Crippen LogP contribution < -0.4 is 10.1 Å². The molecule has 1 aliphatic heterocycles. The summed E-state index contributed by atoms with van der Waals surface area (Å²) in [6.07, 6.45) is 0. The van der Waals surface area contributed by atoms with Gasteiger partial charge in [0.25, 0.3) is 0 Å². The van der Waals surface area contributed by atoms with Crippen LogP contribution in [0.5, 0.6) is 5.75 Å². The van der Waals surface area contributed by atoms with Crippen molar-refractivity contribution in [2.24, 2.45) is 0 Å². The summed E-state index contributed by atoms with van der Waals surface area (Å²) in [4.78, 5) is 57.2. The second kappa shape index (κ2) is 11.1. The quantitative estimate of drug-likeness (QED) is 0.369. The van der Waals surface area contributed by atoms with E-state index in [-0.39, 0.29) is 39.3 Å². The molecule has 0 bridgehead atoms. The van der Waals surface area contributed by atoms with Crippen molar-refractivity contribution < 1.29 is 42.9 Å². The lowest BCUT2D eigenvalue weighted by molar-refractivity contribution is -0.137. The molecule has 11 nitrogen and oxygen atoms in total.